The van der Waals surface area contributed by atoms with Gasteiger partial charge in [-0.25, -0.2) is 13.7 Å². The van der Waals surface area contributed by atoms with Crippen molar-refractivity contribution in [1.29, 1.82) is 0 Å². The summed E-state index contributed by atoms with van der Waals surface area (Å²) >= 11 is 1.49. The number of nitrogens with zero attached hydrogens (tertiary/aromatic N) is 5. The van der Waals surface area contributed by atoms with Gasteiger partial charge in [0.05, 0.1) is 30.2 Å². The highest BCUT2D eigenvalue weighted by Gasteiger charge is 2.17. The van der Waals surface area contributed by atoms with E-state index >= 15 is 0 Å². The number of para-hydroxylation sites is 2. The molecule has 1 fully saturated rings. The number of fused-ring (bicyclic) bond motifs is 1. The largest absolute Gasteiger partial charge is 0.454 e. The molecule has 0 aliphatic carbocycles. The summed E-state index contributed by atoms with van der Waals surface area (Å²) < 4.78 is 29.3. The van der Waals surface area contributed by atoms with Crippen molar-refractivity contribution in [1.82, 2.24) is 14.5 Å². The van der Waals surface area contributed by atoms with E-state index in [1.54, 1.807) is 23.0 Å². The molecule has 1 atom stereocenters. The fourth-order valence-electron chi connectivity index (χ4n) is 4.91. The van der Waals surface area contributed by atoms with Crippen LogP contribution in [0.5, 0.6) is 0 Å². The summed E-state index contributed by atoms with van der Waals surface area (Å²) in [4.78, 5) is 5.59. The van der Waals surface area contributed by atoms with E-state index in [0.29, 0.717) is 18.0 Å². The molecule has 1 aliphatic rings. The molecule has 0 radical (unpaired) electrons. The van der Waals surface area contributed by atoms with Crippen LogP contribution in [0, 0.1) is 5.82 Å². The molecule has 7 nitrogen and oxygen atoms in total. The van der Waals surface area contributed by atoms with Gasteiger partial charge in [-0.1, -0.05) is 36.4 Å². The lowest BCUT2D eigenvalue weighted by molar-refractivity contribution is 0.117. The van der Waals surface area contributed by atoms with Crippen LogP contribution in [-0.4, -0.2) is 39.9 Å². The third kappa shape index (κ3) is 5.29. The fourth-order valence-corrected chi connectivity index (χ4v) is 5.76. The van der Waals surface area contributed by atoms with E-state index in [1.165, 1.54) is 23.5 Å². The zero-order valence-corrected chi connectivity index (χ0v) is 22.9. The first-order valence-corrected chi connectivity index (χ1v) is 14.4. The summed E-state index contributed by atoms with van der Waals surface area (Å²) in [6, 6.07) is 26.2. The van der Waals surface area contributed by atoms with E-state index in [9.17, 15) is 4.39 Å². The number of ether oxygens (including phenoxy) is 1. The lowest BCUT2D eigenvalue weighted by Gasteiger charge is -2.05. The Morgan fingerprint density at radius 3 is 2.66 bits per heavy atom. The lowest BCUT2D eigenvalue weighted by atomic mass is 10.2. The first-order valence-electron chi connectivity index (χ1n) is 13.5. The van der Waals surface area contributed by atoms with Gasteiger partial charge in [0.15, 0.2) is 5.76 Å². The Labute approximate surface area is 239 Å². The molecule has 4 heterocycles. The van der Waals surface area contributed by atoms with E-state index in [-0.39, 0.29) is 11.9 Å². The first kappa shape index (κ1) is 25.4. The molecule has 0 N–H and O–H groups in total. The Hall–Kier alpha value is -4.60. The van der Waals surface area contributed by atoms with Gasteiger partial charge in [0.1, 0.15) is 17.1 Å². The number of furan rings is 1. The highest BCUT2D eigenvalue weighted by molar-refractivity contribution is 7.07. The van der Waals surface area contributed by atoms with Crippen molar-refractivity contribution in [2.24, 2.45) is 10.1 Å². The van der Waals surface area contributed by atoms with Crippen molar-refractivity contribution in [2.75, 3.05) is 13.2 Å². The van der Waals surface area contributed by atoms with Gasteiger partial charge in [-0.15, -0.1) is 11.3 Å². The zero-order chi connectivity index (χ0) is 27.6. The van der Waals surface area contributed by atoms with Crippen LogP contribution in [0.25, 0.3) is 39.4 Å². The topological polar surface area (TPSA) is 69.8 Å². The van der Waals surface area contributed by atoms with E-state index in [2.05, 4.69) is 0 Å². The monoisotopic (exact) mass is 563 g/mol. The summed E-state index contributed by atoms with van der Waals surface area (Å²) in [5.74, 6) is 0.367. The molecule has 0 saturated carbocycles. The summed E-state index contributed by atoms with van der Waals surface area (Å²) in [5, 5.41) is 12.8. The predicted molar refractivity (Wildman–Crippen MR) is 159 cm³/mol. The molecule has 1 saturated heterocycles. The minimum absolute atomic E-state index is 0.118. The average Bonchev–Trinajstić information content (AvgIpc) is 3.81. The maximum absolute atomic E-state index is 13.7. The van der Waals surface area contributed by atoms with Crippen molar-refractivity contribution >= 4 is 28.5 Å². The molecule has 6 aromatic rings. The van der Waals surface area contributed by atoms with Crippen LogP contribution in [0.2, 0.25) is 0 Å². The van der Waals surface area contributed by atoms with Crippen molar-refractivity contribution < 1.29 is 13.5 Å². The standard InChI is InChI=1S/C32H26FN5O2S/c33-25-14-12-22(13-15-25)28-21-41-32(34-19-27-10-6-16-39-27)38(28)35-18-24-20-37(26-8-2-1-3-9-26)36-31(24)30-17-23-7-4-5-11-29(23)40-30/h1-5,7-9,11-15,17-18,20-21,27H,6,10,16,19H2/b34-32?,35-18-/t27-/m1/s1. The van der Waals surface area contributed by atoms with Gasteiger partial charge in [0.25, 0.3) is 0 Å². The van der Waals surface area contributed by atoms with Crippen LogP contribution in [0.3, 0.4) is 0 Å². The normalized spacial score (nSPS) is 15.9. The van der Waals surface area contributed by atoms with Crippen LogP contribution in [0.15, 0.2) is 111 Å². The molecule has 0 spiro atoms. The van der Waals surface area contributed by atoms with Crippen LogP contribution < -0.4 is 4.80 Å². The molecule has 3 aromatic carbocycles. The maximum atomic E-state index is 13.7. The molecule has 204 valence electrons. The molecule has 9 heteroatoms. The smallest absolute Gasteiger partial charge is 0.206 e. The van der Waals surface area contributed by atoms with Gasteiger partial charge in [0.2, 0.25) is 4.80 Å². The van der Waals surface area contributed by atoms with Crippen molar-refractivity contribution in [3.63, 3.8) is 0 Å². The van der Waals surface area contributed by atoms with Gasteiger partial charge in [-0.05, 0) is 61.4 Å². The Bertz CT molecular complexity index is 1860. The van der Waals surface area contributed by atoms with E-state index in [4.69, 9.17) is 24.3 Å². The third-order valence-electron chi connectivity index (χ3n) is 7.01. The first-order chi connectivity index (χ1) is 20.2. The van der Waals surface area contributed by atoms with E-state index in [0.717, 1.165) is 57.7 Å². The molecular weight excluding hydrogens is 537 g/mol. The van der Waals surface area contributed by atoms with E-state index in [1.807, 2.05) is 76.9 Å². The minimum Gasteiger partial charge on any atom is -0.454 e. The Morgan fingerprint density at radius 2 is 1.85 bits per heavy atom. The van der Waals surface area contributed by atoms with Crippen LogP contribution in [-0.2, 0) is 4.74 Å². The van der Waals surface area contributed by atoms with Crippen LogP contribution >= 0.6 is 11.3 Å². The summed E-state index contributed by atoms with van der Waals surface area (Å²) in [7, 11) is 0. The predicted octanol–water partition coefficient (Wildman–Crippen LogP) is 6.92. The fraction of sp³-hybridized carbons (Fsp3) is 0.156. The van der Waals surface area contributed by atoms with Gasteiger partial charge < -0.3 is 9.15 Å². The molecular formula is C32H26FN5O2S. The number of halogens is 1. The summed E-state index contributed by atoms with van der Waals surface area (Å²) in [5.41, 5.74) is 4.83. The highest BCUT2D eigenvalue weighted by atomic mass is 32.1. The lowest BCUT2D eigenvalue weighted by Crippen LogP contribution is -2.17. The number of aromatic nitrogens is 3. The highest BCUT2D eigenvalue weighted by Crippen LogP contribution is 2.29. The Balaban J connectivity index is 1.33. The summed E-state index contributed by atoms with van der Waals surface area (Å²) in [6.07, 6.45) is 5.89. The second-order valence-corrected chi connectivity index (χ2v) is 10.6. The second kappa shape index (κ2) is 11.1. The van der Waals surface area contributed by atoms with Crippen LogP contribution in [0.4, 0.5) is 4.39 Å². The molecule has 1 aliphatic heterocycles. The number of benzene rings is 3. The number of hydrogen-bond acceptors (Lipinski definition) is 6. The average molecular weight is 564 g/mol. The zero-order valence-electron chi connectivity index (χ0n) is 22.1. The van der Waals surface area contributed by atoms with Crippen LogP contribution in [0.1, 0.15) is 18.4 Å². The second-order valence-electron chi connectivity index (χ2n) is 9.80. The molecule has 41 heavy (non-hydrogen) atoms. The Kier molecular flexibility index (Phi) is 6.88. The summed E-state index contributed by atoms with van der Waals surface area (Å²) in [6.45, 7) is 1.34. The molecule has 7 rings (SSSR count). The van der Waals surface area contributed by atoms with Gasteiger partial charge in [-0.2, -0.15) is 10.2 Å². The molecule has 0 unspecified atom stereocenters. The van der Waals surface area contributed by atoms with E-state index < -0.39 is 0 Å². The van der Waals surface area contributed by atoms with Gasteiger partial charge >= 0.3 is 0 Å². The SMILES string of the molecule is Fc1ccc(-c2csc(=NC[C@H]3CCCO3)n2/N=C\c2cn(-c3ccccc3)nc2-c2cc3ccccc3o2)cc1. The van der Waals surface area contributed by atoms with Crippen molar-refractivity contribution in [2.45, 2.75) is 18.9 Å². The van der Waals surface area contributed by atoms with Crippen molar-refractivity contribution in [3.05, 3.63) is 113 Å². The number of rotatable bonds is 7. The number of hydrogen-bond donors (Lipinski definition) is 0. The number of thiazole rings is 1. The van der Waals surface area contributed by atoms with Crippen molar-refractivity contribution in [3.8, 4) is 28.4 Å². The maximum Gasteiger partial charge on any atom is 0.206 e. The minimum atomic E-state index is -0.286. The molecule has 3 aromatic heterocycles. The quantitative estimate of drug-likeness (QED) is 0.198. The Morgan fingerprint density at radius 1 is 1.02 bits per heavy atom. The molecule has 0 bridgehead atoms. The van der Waals surface area contributed by atoms with Gasteiger partial charge in [0, 0.05) is 34.7 Å². The van der Waals surface area contributed by atoms with Gasteiger partial charge in [-0.3, -0.25) is 4.99 Å². The third-order valence-corrected chi connectivity index (χ3v) is 7.87. The molecule has 0 amide bonds.